The molecule has 3 heteroatoms. The first-order valence-corrected chi connectivity index (χ1v) is 3.80. The topological polar surface area (TPSA) is 43.4 Å². The molecule has 0 aliphatic carbocycles. The van der Waals surface area contributed by atoms with Gasteiger partial charge >= 0.3 is 5.97 Å². The number of esters is 1. The minimum Gasteiger partial charge on any atom is -0.465 e. The van der Waals surface area contributed by atoms with Crippen molar-refractivity contribution in [1.29, 1.82) is 0 Å². The van der Waals surface area contributed by atoms with Crippen molar-refractivity contribution < 1.29 is 14.3 Å². The maximum Gasteiger partial charge on any atom is 0.316 e. The average molecular weight is 157 g/mol. The first kappa shape index (κ1) is 10.1. The summed E-state index contributed by atoms with van der Waals surface area (Å²) in [6.07, 6.45) is 2.88. The van der Waals surface area contributed by atoms with Crippen LogP contribution >= 0.6 is 0 Å². The molecule has 0 rings (SSSR count). The molecule has 0 aromatic carbocycles. The molecule has 0 aliphatic heterocycles. The van der Waals surface area contributed by atoms with Crippen LogP contribution in [0.5, 0.6) is 0 Å². The molecule has 0 aromatic heterocycles. The molecule has 11 heavy (non-hydrogen) atoms. The van der Waals surface area contributed by atoms with Crippen LogP contribution in [0.2, 0.25) is 0 Å². The number of hydrogen-bond donors (Lipinski definition) is 0. The van der Waals surface area contributed by atoms with Gasteiger partial charge in [0.15, 0.2) is 0 Å². The van der Waals surface area contributed by atoms with E-state index in [9.17, 15) is 9.59 Å². The van der Waals surface area contributed by atoms with Crippen LogP contribution in [0.3, 0.4) is 0 Å². The number of rotatable bonds is 5. The van der Waals surface area contributed by atoms with E-state index in [2.05, 4.69) is 0 Å². The van der Waals surface area contributed by atoms with Gasteiger partial charge in [-0.3, -0.25) is 9.59 Å². The Balaban J connectivity index is 3.69. The Hall–Kier alpha value is -0.860. The summed E-state index contributed by atoms with van der Waals surface area (Å²) in [5.74, 6) is -1.15. The first-order valence-electron chi connectivity index (χ1n) is 3.80. The second kappa shape index (κ2) is 5.89. The summed E-state index contributed by atoms with van der Waals surface area (Å²) in [7, 11) is 0. The second-order valence-corrected chi connectivity index (χ2v) is 2.25. The summed E-state index contributed by atoms with van der Waals surface area (Å²) < 4.78 is 4.73. The molecular weight excluding hydrogens is 144 g/mol. The van der Waals surface area contributed by atoms with Crippen molar-refractivity contribution >= 4 is 12.3 Å². The summed E-state index contributed by atoms with van der Waals surface area (Å²) in [5.41, 5.74) is 0. The highest BCUT2D eigenvalue weighted by molar-refractivity contribution is 5.87. The van der Waals surface area contributed by atoms with E-state index in [0.717, 1.165) is 6.42 Å². The van der Waals surface area contributed by atoms with Crippen LogP contribution in [-0.4, -0.2) is 18.9 Å². The number of carbonyl (C=O) groups excluding carboxylic acids is 2. The van der Waals surface area contributed by atoms with Gasteiger partial charge in [0.25, 0.3) is 0 Å². The summed E-state index contributed by atoms with van der Waals surface area (Å²) in [4.78, 5) is 21.0. The first-order chi connectivity index (χ1) is 5.26. The molecule has 1 unspecified atom stereocenters. The Bertz CT molecular complexity index is 131. The van der Waals surface area contributed by atoms with Gasteiger partial charge in [0, 0.05) is 0 Å². The molecule has 0 spiro atoms. The quantitative estimate of drug-likeness (QED) is 0.443. The van der Waals surface area contributed by atoms with Crippen molar-refractivity contribution in [3.63, 3.8) is 0 Å². The van der Waals surface area contributed by atoms with Gasteiger partial charge in [-0.15, -0.1) is 0 Å². The molecule has 0 saturated carbocycles. The van der Waals surface area contributed by atoms with Gasteiger partial charge in [-0.2, -0.15) is 0 Å². The smallest absolute Gasteiger partial charge is 0.316 e. The lowest BCUT2D eigenvalue weighted by molar-refractivity contribution is -0.146. The minimum atomic E-state index is -0.693. The van der Waals surface area contributed by atoms with Crippen molar-refractivity contribution in [2.75, 3.05) is 6.61 Å². The van der Waals surface area contributed by atoms with E-state index in [1.807, 2.05) is 6.92 Å². The van der Waals surface area contributed by atoms with Crippen molar-refractivity contribution in [2.45, 2.75) is 26.7 Å². The number of hydrogen-bond acceptors (Lipinski definition) is 3. The van der Waals surface area contributed by atoms with Crippen LogP contribution in [0.4, 0.5) is 0 Å². The molecule has 0 N–H and O–H groups in total. The Morgan fingerprint density at radius 1 is 1.55 bits per heavy atom. The molecule has 0 fully saturated rings. The van der Waals surface area contributed by atoms with E-state index in [0.29, 0.717) is 13.0 Å². The fraction of sp³-hybridized carbons (Fsp3) is 0.750. The van der Waals surface area contributed by atoms with Crippen LogP contribution < -0.4 is 0 Å². The zero-order chi connectivity index (χ0) is 8.69. The third-order valence-electron chi connectivity index (χ3n) is 1.28. The largest absolute Gasteiger partial charge is 0.465 e. The fourth-order valence-corrected chi connectivity index (χ4v) is 0.601. The predicted molar refractivity (Wildman–Crippen MR) is 40.7 cm³/mol. The Kier molecular flexibility index (Phi) is 5.43. The molecule has 3 nitrogen and oxygen atoms in total. The molecule has 0 heterocycles. The van der Waals surface area contributed by atoms with Crippen molar-refractivity contribution in [2.24, 2.45) is 5.92 Å². The standard InChI is InChI=1S/C8H13O3/c1-3-5-11-8(10)7(4-2)6-9/h7H,3-5H2,1-2H3. The Labute approximate surface area is 66.7 Å². The average Bonchev–Trinajstić information content (AvgIpc) is 2.03. The van der Waals surface area contributed by atoms with Gasteiger partial charge in [0.05, 0.1) is 6.61 Å². The van der Waals surface area contributed by atoms with Gasteiger partial charge in [-0.1, -0.05) is 13.8 Å². The van der Waals surface area contributed by atoms with Crippen LogP contribution in [0.1, 0.15) is 26.7 Å². The monoisotopic (exact) mass is 157 g/mol. The molecule has 0 bridgehead atoms. The van der Waals surface area contributed by atoms with Gasteiger partial charge in [0.1, 0.15) is 5.92 Å². The van der Waals surface area contributed by atoms with Crippen LogP contribution in [0.15, 0.2) is 0 Å². The second-order valence-electron chi connectivity index (χ2n) is 2.25. The van der Waals surface area contributed by atoms with Crippen LogP contribution in [0.25, 0.3) is 0 Å². The molecular formula is C8H13O3. The third-order valence-corrected chi connectivity index (χ3v) is 1.28. The van der Waals surface area contributed by atoms with E-state index in [4.69, 9.17) is 4.74 Å². The van der Waals surface area contributed by atoms with Gasteiger partial charge in [0.2, 0.25) is 6.29 Å². The zero-order valence-corrected chi connectivity index (χ0v) is 6.92. The highest BCUT2D eigenvalue weighted by Crippen LogP contribution is 2.01. The lowest BCUT2D eigenvalue weighted by Crippen LogP contribution is -2.18. The van der Waals surface area contributed by atoms with E-state index < -0.39 is 11.9 Å². The maximum absolute atomic E-state index is 10.9. The van der Waals surface area contributed by atoms with E-state index >= 15 is 0 Å². The predicted octanol–water partition coefficient (Wildman–Crippen LogP) is 1.08. The molecule has 0 saturated heterocycles. The molecule has 1 radical (unpaired) electrons. The van der Waals surface area contributed by atoms with Gasteiger partial charge < -0.3 is 4.74 Å². The zero-order valence-electron chi connectivity index (χ0n) is 6.92. The van der Waals surface area contributed by atoms with Gasteiger partial charge in [-0.25, -0.2) is 0 Å². The summed E-state index contributed by atoms with van der Waals surface area (Å²) in [6, 6.07) is 0. The summed E-state index contributed by atoms with van der Waals surface area (Å²) in [6.45, 7) is 4.04. The van der Waals surface area contributed by atoms with Gasteiger partial charge in [-0.05, 0) is 12.8 Å². The molecule has 63 valence electrons. The molecule has 1 atom stereocenters. The number of carbonyl (C=O) groups is 1. The van der Waals surface area contributed by atoms with Crippen molar-refractivity contribution in [1.82, 2.24) is 0 Å². The van der Waals surface area contributed by atoms with E-state index in [1.54, 1.807) is 13.2 Å². The normalized spacial score (nSPS) is 12.2. The maximum atomic E-state index is 10.9. The van der Waals surface area contributed by atoms with Crippen molar-refractivity contribution in [3.05, 3.63) is 0 Å². The van der Waals surface area contributed by atoms with Crippen LogP contribution in [-0.2, 0) is 14.3 Å². The fourth-order valence-electron chi connectivity index (χ4n) is 0.601. The third kappa shape index (κ3) is 3.75. The molecule has 0 amide bonds. The van der Waals surface area contributed by atoms with Crippen LogP contribution in [0, 0.1) is 5.92 Å². The van der Waals surface area contributed by atoms with Crippen molar-refractivity contribution in [3.8, 4) is 0 Å². The highest BCUT2D eigenvalue weighted by Gasteiger charge is 2.16. The molecule has 0 aliphatic rings. The Morgan fingerprint density at radius 3 is 2.55 bits per heavy atom. The minimum absolute atomic E-state index is 0.386. The highest BCUT2D eigenvalue weighted by atomic mass is 16.5. The lowest BCUT2D eigenvalue weighted by atomic mass is 10.1. The number of ether oxygens (including phenoxy) is 1. The van der Waals surface area contributed by atoms with E-state index in [1.165, 1.54) is 0 Å². The summed E-state index contributed by atoms with van der Waals surface area (Å²) >= 11 is 0. The SMILES string of the molecule is CCCOC(=O)C([C]=O)CC. The molecule has 0 aromatic rings. The van der Waals surface area contributed by atoms with E-state index in [-0.39, 0.29) is 0 Å². The Morgan fingerprint density at radius 2 is 2.18 bits per heavy atom. The lowest BCUT2D eigenvalue weighted by Gasteiger charge is -2.05. The summed E-state index contributed by atoms with van der Waals surface area (Å²) in [5, 5.41) is 0.